The Labute approximate surface area is 114 Å². The Bertz CT molecular complexity index is 484. The van der Waals surface area contributed by atoms with Crippen LogP contribution in [0.15, 0.2) is 29.3 Å². The molecule has 0 amide bonds. The van der Waals surface area contributed by atoms with Gasteiger partial charge in [0.05, 0.1) is 0 Å². The molecule has 110 valence electrons. The van der Waals surface area contributed by atoms with Gasteiger partial charge in [0, 0.05) is 12.6 Å². The molecule has 7 heteroatoms. The fourth-order valence-corrected chi connectivity index (χ4v) is 1.71. The Kier molecular flexibility index (Phi) is 4.36. The average molecular weight is 287 g/mol. The van der Waals surface area contributed by atoms with E-state index in [1.807, 2.05) is 0 Å². The monoisotopic (exact) mass is 287 g/mol. The molecular weight excluding hydrogens is 271 g/mol. The van der Waals surface area contributed by atoms with Crippen LogP contribution in [-0.2, 0) is 6.42 Å². The van der Waals surface area contributed by atoms with E-state index in [1.54, 1.807) is 12.1 Å². The van der Waals surface area contributed by atoms with E-state index < -0.39 is 6.36 Å². The Morgan fingerprint density at radius 1 is 1.35 bits per heavy atom. The average Bonchev–Trinajstić information content (AvgIpc) is 3.13. The second kappa shape index (κ2) is 6.02. The smallest absolute Gasteiger partial charge is 0.406 e. The highest BCUT2D eigenvalue weighted by Gasteiger charge is 2.31. The number of hydrogen-bond donors (Lipinski definition) is 2. The fraction of sp³-hybridized carbons (Fsp3) is 0.462. The molecule has 1 aliphatic carbocycles. The van der Waals surface area contributed by atoms with E-state index in [0.717, 1.165) is 12.8 Å². The third-order valence-corrected chi connectivity index (χ3v) is 2.79. The molecule has 4 nitrogen and oxygen atoms in total. The van der Waals surface area contributed by atoms with Crippen LogP contribution in [0.3, 0.4) is 0 Å². The molecule has 1 aromatic carbocycles. The summed E-state index contributed by atoms with van der Waals surface area (Å²) >= 11 is 0. The molecule has 1 fully saturated rings. The minimum atomic E-state index is -4.69. The lowest BCUT2D eigenvalue weighted by Crippen LogP contribution is -2.33. The standard InChI is InChI=1S/C13H16F3N3O/c14-13(15,16)20-11-4-2-1-3-9(11)7-8-18-12(17)19-10-5-6-10/h1-4,10H,5-8H2,(H3,17,18,19). The molecule has 1 aliphatic rings. The Morgan fingerprint density at radius 2 is 2.05 bits per heavy atom. The Hall–Kier alpha value is -1.92. The summed E-state index contributed by atoms with van der Waals surface area (Å²) in [5.74, 6) is 0.144. The van der Waals surface area contributed by atoms with Crippen LogP contribution in [0.4, 0.5) is 13.2 Å². The zero-order valence-corrected chi connectivity index (χ0v) is 10.8. The topological polar surface area (TPSA) is 59.6 Å². The summed E-state index contributed by atoms with van der Waals surface area (Å²) in [4.78, 5) is 4.08. The molecule has 0 spiro atoms. The van der Waals surface area contributed by atoms with Crippen LogP contribution >= 0.6 is 0 Å². The summed E-state index contributed by atoms with van der Waals surface area (Å²) in [6.07, 6.45) is -2.19. The van der Waals surface area contributed by atoms with Gasteiger partial charge in [-0.2, -0.15) is 0 Å². The summed E-state index contributed by atoms with van der Waals surface area (Å²) < 4.78 is 40.7. The maximum atomic E-state index is 12.2. The summed E-state index contributed by atoms with van der Waals surface area (Å²) in [6.45, 7) is 0.309. The third-order valence-electron chi connectivity index (χ3n) is 2.79. The van der Waals surface area contributed by atoms with E-state index in [-0.39, 0.29) is 5.75 Å². The van der Waals surface area contributed by atoms with Gasteiger partial charge in [0.2, 0.25) is 0 Å². The highest BCUT2D eigenvalue weighted by molar-refractivity contribution is 5.78. The van der Waals surface area contributed by atoms with Gasteiger partial charge in [-0.3, -0.25) is 4.99 Å². The van der Waals surface area contributed by atoms with Gasteiger partial charge >= 0.3 is 6.36 Å². The van der Waals surface area contributed by atoms with E-state index >= 15 is 0 Å². The van der Waals surface area contributed by atoms with Crippen LogP contribution in [0.5, 0.6) is 5.75 Å². The van der Waals surface area contributed by atoms with Crippen LogP contribution in [0.25, 0.3) is 0 Å². The molecule has 0 saturated heterocycles. The molecular formula is C13H16F3N3O. The van der Waals surface area contributed by atoms with Crippen molar-refractivity contribution in [1.82, 2.24) is 5.32 Å². The number of nitrogens with two attached hydrogens (primary N) is 1. The lowest BCUT2D eigenvalue weighted by Gasteiger charge is -2.12. The first-order valence-electron chi connectivity index (χ1n) is 6.34. The first kappa shape index (κ1) is 14.5. The second-order valence-electron chi connectivity index (χ2n) is 4.59. The summed E-state index contributed by atoms with van der Waals surface area (Å²) in [5, 5.41) is 3.01. The number of alkyl halides is 3. The number of rotatable bonds is 5. The quantitative estimate of drug-likeness (QED) is 0.644. The summed E-state index contributed by atoms with van der Waals surface area (Å²) in [6, 6.07) is 6.43. The zero-order valence-electron chi connectivity index (χ0n) is 10.8. The van der Waals surface area contributed by atoms with Crippen LogP contribution in [0, 0.1) is 0 Å². The number of hydrogen-bond acceptors (Lipinski definition) is 2. The molecule has 0 radical (unpaired) electrons. The molecule has 0 unspecified atom stereocenters. The molecule has 20 heavy (non-hydrogen) atoms. The maximum Gasteiger partial charge on any atom is 0.573 e. The summed E-state index contributed by atoms with van der Waals surface area (Å²) in [7, 11) is 0. The molecule has 3 N–H and O–H groups in total. The van der Waals surface area contributed by atoms with Crippen molar-refractivity contribution in [3.8, 4) is 5.75 Å². The molecule has 2 rings (SSSR count). The van der Waals surface area contributed by atoms with Crippen LogP contribution in [0.2, 0.25) is 0 Å². The van der Waals surface area contributed by atoms with Gasteiger partial charge in [0.25, 0.3) is 0 Å². The number of nitrogens with zero attached hydrogens (tertiary/aromatic N) is 1. The minimum absolute atomic E-state index is 0.191. The Morgan fingerprint density at radius 3 is 2.70 bits per heavy atom. The first-order chi connectivity index (χ1) is 9.44. The molecule has 1 aromatic rings. The van der Waals surface area contributed by atoms with Crippen LogP contribution in [0.1, 0.15) is 18.4 Å². The SMILES string of the molecule is NC(=NCCc1ccccc1OC(F)(F)F)NC1CC1. The van der Waals surface area contributed by atoms with E-state index in [9.17, 15) is 13.2 Å². The van der Waals surface area contributed by atoms with Crippen molar-refractivity contribution < 1.29 is 17.9 Å². The normalized spacial score (nSPS) is 16.1. The van der Waals surface area contributed by atoms with Gasteiger partial charge in [-0.1, -0.05) is 18.2 Å². The molecule has 0 aromatic heterocycles. The Balaban J connectivity index is 1.91. The van der Waals surface area contributed by atoms with Crippen molar-refractivity contribution in [2.75, 3.05) is 6.54 Å². The van der Waals surface area contributed by atoms with E-state index in [2.05, 4.69) is 15.0 Å². The number of para-hydroxylation sites is 1. The van der Waals surface area contributed by atoms with E-state index in [0.29, 0.717) is 30.5 Å². The fourth-order valence-electron chi connectivity index (χ4n) is 1.71. The number of ether oxygens (including phenoxy) is 1. The van der Waals surface area contributed by atoms with Crippen molar-refractivity contribution in [3.05, 3.63) is 29.8 Å². The molecule has 1 saturated carbocycles. The number of guanidine groups is 1. The highest BCUT2D eigenvalue weighted by Crippen LogP contribution is 2.26. The van der Waals surface area contributed by atoms with Gasteiger partial charge in [-0.25, -0.2) is 0 Å². The molecule has 0 heterocycles. The third kappa shape index (κ3) is 4.99. The molecule has 0 bridgehead atoms. The number of halogens is 3. The van der Waals surface area contributed by atoms with Crippen molar-refractivity contribution in [3.63, 3.8) is 0 Å². The number of nitrogens with one attached hydrogen (secondary N) is 1. The lowest BCUT2D eigenvalue weighted by atomic mass is 10.1. The van der Waals surface area contributed by atoms with Gasteiger partial charge in [-0.05, 0) is 30.9 Å². The zero-order chi connectivity index (χ0) is 14.6. The van der Waals surface area contributed by atoms with Gasteiger partial charge in [-0.15, -0.1) is 13.2 Å². The molecule has 0 aliphatic heterocycles. The van der Waals surface area contributed by atoms with Crippen molar-refractivity contribution in [1.29, 1.82) is 0 Å². The first-order valence-corrected chi connectivity index (χ1v) is 6.34. The maximum absolute atomic E-state index is 12.2. The number of aliphatic imine (C=N–C) groups is 1. The van der Waals surface area contributed by atoms with Crippen molar-refractivity contribution in [2.45, 2.75) is 31.7 Å². The number of benzene rings is 1. The van der Waals surface area contributed by atoms with E-state index in [1.165, 1.54) is 12.1 Å². The highest BCUT2D eigenvalue weighted by atomic mass is 19.4. The predicted molar refractivity (Wildman–Crippen MR) is 69.5 cm³/mol. The second-order valence-corrected chi connectivity index (χ2v) is 4.59. The van der Waals surface area contributed by atoms with Crippen molar-refractivity contribution in [2.24, 2.45) is 10.7 Å². The lowest BCUT2D eigenvalue weighted by molar-refractivity contribution is -0.274. The molecule has 0 atom stereocenters. The van der Waals surface area contributed by atoms with Crippen molar-refractivity contribution >= 4 is 5.96 Å². The van der Waals surface area contributed by atoms with Gasteiger partial charge in [0.1, 0.15) is 5.75 Å². The van der Waals surface area contributed by atoms with Crippen LogP contribution < -0.4 is 15.8 Å². The van der Waals surface area contributed by atoms with Gasteiger partial charge in [0.15, 0.2) is 5.96 Å². The van der Waals surface area contributed by atoms with Crippen LogP contribution in [-0.4, -0.2) is 24.9 Å². The minimum Gasteiger partial charge on any atom is -0.406 e. The predicted octanol–water partition coefficient (Wildman–Crippen LogP) is 2.19. The summed E-state index contributed by atoms with van der Waals surface area (Å²) in [5.41, 5.74) is 6.10. The largest absolute Gasteiger partial charge is 0.573 e. The van der Waals surface area contributed by atoms with Gasteiger partial charge < -0.3 is 15.8 Å². The van der Waals surface area contributed by atoms with E-state index in [4.69, 9.17) is 5.73 Å².